The van der Waals surface area contributed by atoms with Crippen LogP contribution in [0.25, 0.3) is 0 Å². The first-order valence-corrected chi connectivity index (χ1v) is 9.67. The van der Waals surface area contributed by atoms with Crippen molar-refractivity contribution < 1.29 is 14.2 Å². The number of hydroxylamine groups is 3. The maximum absolute atomic E-state index is 12.9. The van der Waals surface area contributed by atoms with Crippen LogP contribution in [-0.4, -0.2) is 48.7 Å². The van der Waals surface area contributed by atoms with E-state index in [1.165, 1.54) is 0 Å². The highest BCUT2D eigenvalue weighted by Gasteiger charge is 2.33. The zero-order valence-corrected chi connectivity index (χ0v) is 15.8. The molecule has 0 radical (unpaired) electrons. The highest BCUT2D eigenvalue weighted by molar-refractivity contribution is 6.03. The van der Waals surface area contributed by atoms with E-state index in [4.69, 9.17) is 0 Å². The van der Waals surface area contributed by atoms with Crippen molar-refractivity contribution in [1.29, 1.82) is 0 Å². The van der Waals surface area contributed by atoms with Crippen molar-refractivity contribution in [1.82, 2.24) is 0 Å². The molecule has 0 unspecified atom stereocenters. The van der Waals surface area contributed by atoms with Gasteiger partial charge in [-0.1, -0.05) is 12.1 Å². The van der Waals surface area contributed by atoms with Gasteiger partial charge in [0.1, 0.15) is 0 Å². The fourth-order valence-electron chi connectivity index (χ4n) is 4.22. The van der Waals surface area contributed by atoms with Crippen molar-refractivity contribution in [2.24, 2.45) is 0 Å². The summed E-state index contributed by atoms with van der Waals surface area (Å²) in [4.78, 5) is 28.5. The fraction of sp³-hybridized carbons (Fsp3) is 0.600. The molecule has 2 heterocycles. The van der Waals surface area contributed by atoms with Gasteiger partial charge in [0.25, 0.3) is 0 Å². The van der Waals surface area contributed by atoms with Gasteiger partial charge in [-0.05, 0) is 44.7 Å². The first kappa shape index (κ1) is 18.9. The van der Waals surface area contributed by atoms with E-state index >= 15 is 0 Å². The summed E-state index contributed by atoms with van der Waals surface area (Å²) in [6.45, 7) is 5.57. The van der Waals surface area contributed by atoms with Gasteiger partial charge in [-0.15, -0.1) is 0 Å². The lowest BCUT2D eigenvalue weighted by Crippen LogP contribution is -2.52. The van der Waals surface area contributed by atoms with E-state index < -0.39 is 0 Å². The van der Waals surface area contributed by atoms with Crippen LogP contribution in [0.15, 0.2) is 24.3 Å². The van der Waals surface area contributed by atoms with Crippen molar-refractivity contribution in [3.8, 4) is 0 Å². The van der Waals surface area contributed by atoms with Crippen LogP contribution in [0.4, 0.5) is 11.4 Å². The van der Waals surface area contributed by atoms with E-state index in [9.17, 15) is 14.8 Å². The van der Waals surface area contributed by atoms with Gasteiger partial charge in [0, 0.05) is 13.5 Å². The van der Waals surface area contributed by atoms with Crippen molar-refractivity contribution in [2.75, 3.05) is 36.0 Å². The van der Waals surface area contributed by atoms with E-state index in [-0.39, 0.29) is 28.9 Å². The monoisotopic (exact) mass is 359 g/mol. The summed E-state index contributed by atoms with van der Waals surface area (Å²) in [5, 5.41) is 12.9. The SMILES string of the molecule is CC(=O)N1c2ccccc2N(C(=O)CC[N+]2([O-])CCCCCC2)C[C@@H]1C. The number of nitrogens with zero attached hydrogens (tertiary/aromatic N) is 3. The van der Waals surface area contributed by atoms with Crippen LogP contribution in [0.5, 0.6) is 0 Å². The first-order valence-electron chi connectivity index (χ1n) is 9.67. The van der Waals surface area contributed by atoms with Crippen molar-refractivity contribution >= 4 is 23.2 Å². The Morgan fingerprint density at radius 1 is 1.12 bits per heavy atom. The lowest BCUT2D eigenvalue weighted by Gasteiger charge is -2.43. The Morgan fingerprint density at radius 2 is 1.73 bits per heavy atom. The average molecular weight is 359 g/mol. The summed E-state index contributed by atoms with van der Waals surface area (Å²) in [6.07, 6.45) is 4.40. The number of amides is 2. The molecule has 2 aliphatic heterocycles. The number of quaternary nitrogens is 1. The predicted octanol–water partition coefficient (Wildman–Crippen LogP) is 3.05. The molecule has 2 aliphatic rings. The Bertz CT molecular complexity index is 668. The minimum Gasteiger partial charge on any atom is -0.633 e. The number of benzene rings is 1. The summed E-state index contributed by atoms with van der Waals surface area (Å²) in [7, 11) is 0. The minimum atomic E-state index is -0.240. The highest BCUT2D eigenvalue weighted by Crippen LogP contribution is 2.35. The van der Waals surface area contributed by atoms with Crippen LogP contribution in [-0.2, 0) is 9.59 Å². The van der Waals surface area contributed by atoms with E-state index in [0.29, 0.717) is 26.2 Å². The standard InChI is InChI=1S/C20H29N3O3/c1-16-15-21(18-9-5-6-10-19(18)22(16)17(2)24)20(25)11-14-23(26)12-7-3-4-8-13-23/h5-6,9-10,16H,3-4,7-8,11-15H2,1-2H3/t16-/m0/s1. The Kier molecular flexibility index (Phi) is 5.63. The average Bonchev–Trinajstić information content (AvgIpc) is 2.83. The maximum Gasteiger partial charge on any atom is 0.232 e. The summed E-state index contributed by atoms with van der Waals surface area (Å²) in [5.74, 6) is -0.0456. The Balaban J connectivity index is 1.75. The van der Waals surface area contributed by atoms with Crippen molar-refractivity contribution in [3.63, 3.8) is 0 Å². The Labute approximate surface area is 155 Å². The molecule has 0 aromatic heterocycles. The molecule has 6 nitrogen and oxygen atoms in total. The van der Waals surface area contributed by atoms with E-state index in [1.54, 1.807) is 16.7 Å². The molecule has 0 spiro atoms. The van der Waals surface area contributed by atoms with Crippen LogP contribution in [0.2, 0.25) is 0 Å². The Morgan fingerprint density at radius 3 is 2.35 bits per heavy atom. The molecule has 1 saturated heterocycles. The van der Waals surface area contributed by atoms with Gasteiger partial charge < -0.3 is 19.7 Å². The summed E-state index contributed by atoms with van der Waals surface area (Å²) >= 11 is 0. The zero-order valence-electron chi connectivity index (χ0n) is 15.8. The third-order valence-electron chi connectivity index (χ3n) is 5.57. The van der Waals surface area contributed by atoms with Crippen LogP contribution in [0.1, 0.15) is 46.0 Å². The number of hydrogen-bond acceptors (Lipinski definition) is 3. The van der Waals surface area contributed by atoms with Crippen LogP contribution < -0.4 is 9.80 Å². The molecular formula is C20H29N3O3. The molecule has 142 valence electrons. The van der Waals surface area contributed by atoms with Gasteiger partial charge in [0.2, 0.25) is 11.8 Å². The van der Waals surface area contributed by atoms with Crippen LogP contribution >= 0.6 is 0 Å². The van der Waals surface area contributed by atoms with Gasteiger partial charge in [0.05, 0.1) is 43.5 Å². The predicted molar refractivity (Wildman–Crippen MR) is 103 cm³/mol. The van der Waals surface area contributed by atoms with Gasteiger partial charge in [0.15, 0.2) is 0 Å². The lowest BCUT2D eigenvalue weighted by molar-refractivity contribution is -0.879. The molecule has 0 aliphatic carbocycles. The Hall–Kier alpha value is -1.92. The summed E-state index contributed by atoms with van der Waals surface area (Å²) < 4.78 is -0.240. The van der Waals surface area contributed by atoms with Gasteiger partial charge >= 0.3 is 0 Å². The molecular weight excluding hydrogens is 330 g/mol. The molecule has 1 fully saturated rings. The normalized spacial score (nSPS) is 22.5. The number of hydrogen-bond donors (Lipinski definition) is 0. The second-order valence-corrected chi connectivity index (χ2v) is 7.62. The third-order valence-corrected chi connectivity index (χ3v) is 5.57. The van der Waals surface area contributed by atoms with Gasteiger partial charge in [-0.2, -0.15) is 0 Å². The van der Waals surface area contributed by atoms with E-state index in [2.05, 4.69) is 0 Å². The molecule has 6 heteroatoms. The summed E-state index contributed by atoms with van der Waals surface area (Å²) in [5.41, 5.74) is 1.53. The number of anilines is 2. The fourth-order valence-corrected chi connectivity index (χ4v) is 4.22. The van der Waals surface area contributed by atoms with Crippen LogP contribution in [0, 0.1) is 5.21 Å². The van der Waals surface area contributed by atoms with E-state index in [0.717, 1.165) is 37.1 Å². The number of likely N-dealkylation sites (tertiary alicyclic amines) is 1. The number of para-hydroxylation sites is 2. The quantitative estimate of drug-likeness (QED) is 0.615. The topological polar surface area (TPSA) is 63.7 Å². The second kappa shape index (κ2) is 7.76. The number of fused-ring (bicyclic) bond motifs is 1. The van der Waals surface area contributed by atoms with Crippen molar-refractivity contribution in [3.05, 3.63) is 29.5 Å². The molecule has 0 N–H and O–H groups in total. The third kappa shape index (κ3) is 3.91. The first-order chi connectivity index (χ1) is 12.4. The largest absolute Gasteiger partial charge is 0.633 e. The smallest absolute Gasteiger partial charge is 0.232 e. The van der Waals surface area contributed by atoms with Gasteiger partial charge in [-0.3, -0.25) is 9.59 Å². The highest BCUT2D eigenvalue weighted by atomic mass is 16.5. The van der Waals surface area contributed by atoms with Gasteiger partial charge in [-0.25, -0.2) is 0 Å². The second-order valence-electron chi connectivity index (χ2n) is 7.62. The van der Waals surface area contributed by atoms with E-state index in [1.807, 2.05) is 31.2 Å². The minimum absolute atomic E-state index is 0.0225. The zero-order chi connectivity index (χ0) is 18.7. The number of carbonyl (C=O) groups is 2. The molecule has 1 aromatic rings. The molecule has 0 saturated carbocycles. The molecule has 0 bridgehead atoms. The van der Waals surface area contributed by atoms with Crippen LogP contribution in [0.3, 0.4) is 0 Å². The molecule has 1 aromatic carbocycles. The molecule has 26 heavy (non-hydrogen) atoms. The lowest BCUT2D eigenvalue weighted by atomic mass is 10.1. The number of carbonyl (C=O) groups excluding carboxylic acids is 2. The molecule has 2 amide bonds. The molecule has 1 atom stereocenters. The maximum atomic E-state index is 12.9. The molecule has 3 rings (SSSR count). The van der Waals surface area contributed by atoms with Crippen molar-refractivity contribution in [2.45, 2.75) is 52.0 Å². The summed E-state index contributed by atoms with van der Waals surface area (Å²) in [6, 6.07) is 7.43. The number of rotatable bonds is 3.